The zero-order valence-corrected chi connectivity index (χ0v) is 18.9. The molecule has 1 amide bonds. The van der Waals surface area contributed by atoms with E-state index >= 15 is 0 Å². The van der Waals surface area contributed by atoms with Crippen LogP contribution in [0.25, 0.3) is 0 Å². The molecule has 0 bridgehead atoms. The Kier molecular flexibility index (Phi) is 8.41. The molecule has 0 heterocycles. The van der Waals surface area contributed by atoms with Crippen molar-refractivity contribution in [2.45, 2.75) is 20.3 Å². The first-order chi connectivity index (χ1) is 13.2. The highest BCUT2D eigenvalue weighted by atomic mass is 79.9. The SMILES string of the molecule is CCC(=O)N(CC)C[P+](c1ccccc1)(c1ccccc1)c1ccccc1.[Br-]. The molecule has 0 aliphatic rings. The van der Waals surface area contributed by atoms with Crippen LogP contribution in [0.2, 0.25) is 0 Å². The average molecular weight is 456 g/mol. The summed E-state index contributed by atoms with van der Waals surface area (Å²) >= 11 is 0. The predicted molar refractivity (Wildman–Crippen MR) is 118 cm³/mol. The van der Waals surface area contributed by atoms with Crippen molar-refractivity contribution in [3.05, 3.63) is 91.0 Å². The van der Waals surface area contributed by atoms with Crippen LogP contribution >= 0.6 is 7.26 Å². The molecule has 0 radical (unpaired) electrons. The molecule has 146 valence electrons. The molecule has 0 unspecified atom stereocenters. The van der Waals surface area contributed by atoms with Crippen LogP contribution in [-0.2, 0) is 4.79 Å². The topological polar surface area (TPSA) is 20.3 Å². The molecular weight excluding hydrogens is 429 g/mol. The van der Waals surface area contributed by atoms with Crippen LogP contribution in [0, 0.1) is 0 Å². The predicted octanol–water partition coefficient (Wildman–Crippen LogP) is 1.20. The quantitative estimate of drug-likeness (QED) is 0.490. The second kappa shape index (κ2) is 10.5. The number of hydrogen-bond donors (Lipinski definition) is 0. The number of nitrogens with zero attached hydrogens (tertiary/aromatic N) is 1. The maximum atomic E-state index is 12.7. The van der Waals surface area contributed by atoms with Crippen LogP contribution in [0.4, 0.5) is 0 Å². The zero-order chi connectivity index (χ0) is 19.1. The van der Waals surface area contributed by atoms with Crippen LogP contribution in [0.3, 0.4) is 0 Å². The third-order valence-corrected chi connectivity index (χ3v) is 9.32. The Morgan fingerprint density at radius 2 is 1.07 bits per heavy atom. The van der Waals surface area contributed by atoms with Crippen molar-refractivity contribution in [3.63, 3.8) is 0 Å². The van der Waals surface area contributed by atoms with Crippen molar-refractivity contribution < 1.29 is 21.8 Å². The molecule has 0 aliphatic heterocycles. The number of benzene rings is 3. The summed E-state index contributed by atoms with van der Waals surface area (Å²) in [6.07, 6.45) is 1.26. The van der Waals surface area contributed by atoms with Crippen LogP contribution in [0.15, 0.2) is 91.0 Å². The molecule has 0 spiro atoms. The molecule has 4 heteroatoms. The summed E-state index contributed by atoms with van der Waals surface area (Å²) in [6.45, 7) is 4.74. The molecule has 0 fully saturated rings. The lowest BCUT2D eigenvalue weighted by molar-refractivity contribution is -0.129. The molecule has 0 aliphatic carbocycles. The first kappa shape index (κ1) is 22.3. The summed E-state index contributed by atoms with van der Waals surface area (Å²) in [5.74, 6) is 0.213. The number of carbonyl (C=O) groups is 1. The number of rotatable bonds is 7. The van der Waals surface area contributed by atoms with Crippen molar-refractivity contribution in [1.29, 1.82) is 0 Å². The minimum atomic E-state index is -1.99. The van der Waals surface area contributed by atoms with Gasteiger partial charge in [-0.3, -0.25) is 4.79 Å². The van der Waals surface area contributed by atoms with Gasteiger partial charge in [0.2, 0.25) is 5.91 Å². The van der Waals surface area contributed by atoms with E-state index in [2.05, 4.69) is 97.9 Å². The maximum Gasteiger partial charge on any atom is 0.225 e. The van der Waals surface area contributed by atoms with E-state index < -0.39 is 7.26 Å². The van der Waals surface area contributed by atoms with E-state index in [1.807, 2.05) is 11.8 Å². The number of hydrogen-bond acceptors (Lipinski definition) is 1. The monoisotopic (exact) mass is 455 g/mol. The van der Waals surface area contributed by atoms with Crippen LogP contribution in [0.5, 0.6) is 0 Å². The largest absolute Gasteiger partial charge is 1.00 e. The van der Waals surface area contributed by atoms with Gasteiger partial charge in [-0.25, -0.2) is 0 Å². The fourth-order valence-electron chi connectivity index (χ4n) is 3.57. The van der Waals surface area contributed by atoms with E-state index in [9.17, 15) is 4.79 Å². The third-order valence-electron chi connectivity index (χ3n) is 5.01. The second-order valence-corrected chi connectivity index (χ2v) is 10.0. The van der Waals surface area contributed by atoms with Gasteiger partial charge in [0.15, 0.2) is 0 Å². The Morgan fingerprint density at radius 3 is 1.36 bits per heavy atom. The standard InChI is InChI=1S/C24H27NOP.BrH/c1-3-24(26)25(4-2)20-27(21-14-8-5-9-15-21,22-16-10-6-11-17-22)23-18-12-7-13-19-23;/h5-19H,3-4,20H2,1-2H3;1H/q+1;/p-1. The van der Waals surface area contributed by atoms with Gasteiger partial charge in [0.25, 0.3) is 0 Å². The van der Waals surface area contributed by atoms with Crippen LogP contribution in [-0.4, -0.2) is 23.6 Å². The smallest absolute Gasteiger partial charge is 0.225 e. The Balaban J connectivity index is 0.00000280. The van der Waals surface area contributed by atoms with Gasteiger partial charge < -0.3 is 21.9 Å². The average Bonchev–Trinajstić information content (AvgIpc) is 2.76. The zero-order valence-electron chi connectivity index (χ0n) is 16.5. The molecule has 0 aromatic heterocycles. The molecule has 2 nitrogen and oxygen atoms in total. The molecule has 0 saturated heterocycles. The van der Waals surface area contributed by atoms with Crippen LogP contribution < -0.4 is 32.9 Å². The molecule has 3 aromatic rings. The third kappa shape index (κ3) is 4.54. The minimum absolute atomic E-state index is 0. The highest BCUT2D eigenvalue weighted by Gasteiger charge is 2.47. The van der Waals surface area contributed by atoms with Gasteiger partial charge in [-0.2, -0.15) is 0 Å². The lowest BCUT2D eigenvalue weighted by Crippen LogP contribution is -3.00. The maximum absolute atomic E-state index is 12.7. The van der Waals surface area contributed by atoms with Gasteiger partial charge in [-0.15, -0.1) is 0 Å². The molecular formula is C24H27BrNOP. The molecule has 0 saturated carbocycles. The first-order valence-corrected chi connectivity index (χ1v) is 11.5. The number of carbonyl (C=O) groups excluding carboxylic acids is 1. The summed E-state index contributed by atoms with van der Waals surface area (Å²) in [4.78, 5) is 14.7. The lowest BCUT2D eigenvalue weighted by atomic mass is 10.4. The van der Waals surface area contributed by atoms with E-state index in [0.717, 1.165) is 12.8 Å². The summed E-state index contributed by atoms with van der Waals surface area (Å²) in [6, 6.07) is 32.1. The van der Waals surface area contributed by atoms with E-state index in [1.165, 1.54) is 15.9 Å². The van der Waals surface area contributed by atoms with E-state index in [-0.39, 0.29) is 22.9 Å². The first-order valence-electron chi connectivity index (χ1n) is 9.55. The molecule has 28 heavy (non-hydrogen) atoms. The van der Waals surface area contributed by atoms with Gasteiger partial charge in [-0.05, 0) is 43.3 Å². The van der Waals surface area contributed by atoms with Crippen molar-refractivity contribution in [1.82, 2.24) is 4.90 Å². The summed E-state index contributed by atoms with van der Waals surface area (Å²) in [5, 5.41) is 3.93. The highest BCUT2D eigenvalue weighted by molar-refractivity contribution is 7.95. The molecule has 3 rings (SSSR count). The summed E-state index contributed by atoms with van der Waals surface area (Å²) in [7, 11) is -1.99. The van der Waals surface area contributed by atoms with Crippen molar-refractivity contribution in [2.24, 2.45) is 0 Å². The van der Waals surface area contributed by atoms with E-state index in [4.69, 9.17) is 0 Å². The highest BCUT2D eigenvalue weighted by Crippen LogP contribution is 2.55. The van der Waals surface area contributed by atoms with Crippen molar-refractivity contribution in [2.75, 3.05) is 12.8 Å². The van der Waals surface area contributed by atoms with Gasteiger partial charge in [0, 0.05) is 13.0 Å². The fourth-order valence-corrected chi connectivity index (χ4v) is 7.87. The van der Waals surface area contributed by atoms with Gasteiger partial charge in [0.1, 0.15) is 29.5 Å². The summed E-state index contributed by atoms with van der Waals surface area (Å²) < 4.78 is 0. The normalized spacial score (nSPS) is 10.8. The Hall–Kier alpha value is -1.96. The lowest BCUT2D eigenvalue weighted by Gasteiger charge is -2.32. The van der Waals surface area contributed by atoms with Gasteiger partial charge >= 0.3 is 0 Å². The fraction of sp³-hybridized carbons (Fsp3) is 0.208. The second-order valence-electron chi connectivity index (χ2n) is 6.56. The molecule has 3 aromatic carbocycles. The molecule has 0 atom stereocenters. The Morgan fingerprint density at radius 1 is 0.714 bits per heavy atom. The van der Waals surface area contributed by atoms with E-state index in [0.29, 0.717) is 6.42 Å². The number of halogens is 1. The Labute approximate surface area is 179 Å². The van der Waals surface area contributed by atoms with E-state index in [1.54, 1.807) is 0 Å². The summed E-state index contributed by atoms with van der Waals surface area (Å²) in [5.41, 5.74) is 0. The van der Waals surface area contributed by atoms with Gasteiger partial charge in [-0.1, -0.05) is 61.5 Å². The number of amides is 1. The minimum Gasteiger partial charge on any atom is -1.00 e. The van der Waals surface area contributed by atoms with Crippen molar-refractivity contribution in [3.8, 4) is 0 Å². The molecule has 0 N–H and O–H groups in total. The Bertz CT molecular complexity index is 759. The van der Waals surface area contributed by atoms with Crippen LogP contribution in [0.1, 0.15) is 20.3 Å². The van der Waals surface area contributed by atoms with Gasteiger partial charge in [0.05, 0.1) is 0 Å². The van der Waals surface area contributed by atoms with Crippen molar-refractivity contribution >= 4 is 29.1 Å².